The highest BCUT2D eigenvalue weighted by Gasteiger charge is 2.20. The minimum Gasteiger partial charge on any atom is -0.421 e. The number of halogens is 1. The normalized spacial score (nSPS) is 10.2. The Morgan fingerprint density at radius 2 is 1.71 bits per heavy atom. The Kier molecular flexibility index (Phi) is 4.69. The summed E-state index contributed by atoms with van der Waals surface area (Å²) in [5, 5.41) is 0. The van der Waals surface area contributed by atoms with Crippen LogP contribution in [0.2, 0.25) is 0 Å². The maximum Gasteiger partial charge on any atom is 0.305 e. The van der Waals surface area contributed by atoms with Crippen LogP contribution in [0.3, 0.4) is 0 Å². The molecule has 1 aromatic carbocycles. The first-order valence-corrected chi connectivity index (χ1v) is 5.80. The first kappa shape index (κ1) is 13.7. The highest BCUT2D eigenvalue weighted by molar-refractivity contribution is 9.10. The molecule has 0 atom stereocenters. The van der Waals surface area contributed by atoms with Crippen molar-refractivity contribution in [2.75, 3.05) is 0 Å². The first-order valence-electron chi connectivity index (χ1n) is 5.00. The molecule has 0 spiro atoms. The summed E-state index contributed by atoms with van der Waals surface area (Å²) in [5.74, 6) is -1.02. The number of carbonyl (C=O) groups excluding carboxylic acids is 2. The Hall–Kier alpha value is -1.36. The molecule has 1 aromatic rings. The average Bonchev–Trinajstić information content (AvgIpc) is 2.14. The Morgan fingerprint density at radius 1 is 1.18 bits per heavy atom. The van der Waals surface area contributed by atoms with Crippen LogP contribution in [0.15, 0.2) is 22.7 Å². The monoisotopic (exact) mass is 300 g/mol. The topological polar surface area (TPSA) is 52.6 Å². The quantitative estimate of drug-likeness (QED) is 0.636. The van der Waals surface area contributed by atoms with E-state index in [2.05, 4.69) is 15.9 Å². The van der Waals surface area contributed by atoms with Gasteiger partial charge >= 0.3 is 11.9 Å². The van der Waals surface area contributed by atoms with E-state index >= 15 is 0 Å². The van der Waals surface area contributed by atoms with Crippen LogP contribution in [-0.4, -0.2) is 11.9 Å². The summed E-state index contributed by atoms with van der Waals surface area (Å²) in [4.78, 5) is 21.9. The zero-order valence-corrected chi connectivity index (χ0v) is 11.4. The number of carbonyl (C=O) groups is 2. The maximum atomic E-state index is 11.0. The molecule has 4 nitrogen and oxygen atoms in total. The van der Waals surface area contributed by atoms with Crippen LogP contribution in [0.5, 0.6) is 0 Å². The molecule has 0 amide bonds. The van der Waals surface area contributed by atoms with Crippen LogP contribution < -0.4 is 0 Å². The van der Waals surface area contributed by atoms with Gasteiger partial charge in [0.1, 0.15) is 0 Å². The van der Waals surface area contributed by atoms with Gasteiger partial charge in [-0.1, -0.05) is 28.1 Å². The van der Waals surface area contributed by atoms with Crippen molar-refractivity contribution in [3.8, 4) is 0 Å². The fourth-order valence-corrected chi connectivity index (χ4v) is 1.96. The molecule has 0 aliphatic carbocycles. The van der Waals surface area contributed by atoms with E-state index in [0.717, 1.165) is 10.0 Å². The second kappa shape index (κ2) is 5.82. The average molecular weight is 301 g/mol. The molecular formula is C12H13BrO4. The van der Waals surface area contributed by atoms with Crippen molar-refractivity contribution >= 4 is 27.9 Å². The van der Waals surface area contributed by atoms with Gasteiger partial charge in [-0.15, -0.1) is 0 Å². The Morgan fingerprint density at radius 3 is 2.12 bits per heavy atom. The summed E-state index contributed by atoms with van der Waals surface area (Å²) in [6, 6.07) is 5.45. The van der Waals surface area contributed by atoms with E-state index in [1.807, 2.05) is 19.1 Å². The molecule has 0 aromatic heterocycles. The van der Waals surface area contributed by atoms with Crippen LogP contribution >= 0.6 is 15.9 Å². The molecule has 17 heavy (non-hydrogen) atoms. The smallest absolute Gasteiger partial charge is 0.305 e. The van der Waals surface area contributed by atoms with Gasteiger partial charge in [0.15, 0.2) is 0 Å². The van der Waals surface area contributed by atoms with E-state index in [1.54, 1.807) is 6.07 Å². The lowest BCUT2D eigenvalue weighted by Crippen LogP contribution is -2.15. The van der Waals surface area contributed by atoms with Crippen molar-refractivity contribution in [3.63, 3.8) is 0 Å². The summed E-state index contributed by atoms with van der Waals surface area (Å²) in [5.41, 5.74) is 1.64. The SMILES string of the molecule is CC(=O)OC(OC(C)=O)c1ccc(C)cc1Br. The van der Waals surface area contributed by atoms with E-state index in [4.69, 9.17) is 9.47 Å². The number of hydrogen-bond donors (Lipinski definition) is 0. The lowest BCUT2D eigenvalue weighted by molar-refractivity contribution is -0.186. The third kappa shape index (κ3) is 4.19. The predicted molar refractivity (Wildman–Crippen MR) is 65.2 cm³/mol. The number of esters is 2. The van der Waals surface area contributed by atoms with Crippen LogP contribution in [-0.2, 0) is 19.1 Å². The Labute approximate surface area is 108 Å². The van der Waals surface area contributed by atoms with Crippen molar-refractivity contribution in [2.45, 2.75) is 27.1 Å². The fraction of sp³-hybridized carbons (Fsp3) is 0.333. The van der Waals surface area contributed by atoms with Gasteiger partial charge in [-0.2, -0.15) is 0 Å². The first-order chi connectivity index (χ1) is 7.90. The summed E-state index contributed by atoms with van der Waals surface area (Å²) >= 11 is 3.34. The molecule has 0 aliphatic heterocycles. The molecule has 0 aliphatic rings. The lowest BCUT2D eigenvalue weighted by atomic mass is 10.1. The Balaban J connectivity index is 3.02. The van der Waals surface area contributed by atoms with Gasteiger partial charge in [0.05, 0.1) is 0 Å². The summed E-state index contributed by atoms with van der Waals surface area (Å²) in [7, 11) is 0. The number of ether oxygens (including phenoxy) is 2. The van der Waals surface area contributed by atoms with Crippen molar-refractivity contribution < 1.29 is 19.1 Å². The van der Waals surface area contributed by atoms with Crippen molar-refractivity contribution in [1.29, 1.82) is 0 Å². The lowest BCUT2D eigenvalue weighted by Gasteiger charge is -2.18. The third-order valence-corrected chi connectivity index (χ3v) is 2.64. The Bertz CT molecular complexity index is 426. The van der Waals surface area contributed by atoms with E-state index in [1.165, 1.54) is 13.8 Å². The zero-order chi connectivity index (χ0) is 13.0. The van der Waals surface area contributed by atoms with E-state index in [-0.39, 0.29) is 0 Å². The van der Waals surface area contributed by atoms with Crippen LogP contribution in [0.25, 0.3) is 0 Å². The molecule has 0 unspecified atom stereocenters. The minimum absolute atomic E-state index is 0.510. The van der Waals surface area contributed by atoms with Gasteiger partial charge in [0, 0.05) is 23.9 Å². The fourth-order valence-electron chi connectivity index (χ4n) is 1.28. The largest absolute Gasteiger partial charge is 0.421 e. The summed E-state index contributed by atoms with van der Waals surface area (Å²) in [6.45, 7) is 4.46. The van der Waals surface area contributed by atoms with Gasteiger partial charge in [0.2, 0.25) is 0 Å². The van der Waals surface area contributed by atoms with Crippen LogP contribution in [0, 0.1) is 6.92 Å². The van der Waals surface area contributed by atoms with Crippen molar-refractivity contribution in [1.82, 2.24) is 0 Å². The summed E-state index contributed by atoms with van der Waals surface area (Å²) in [6.07, 6.45) is -1.01. The molecule has 0 bridgehead atoms. The van der Waals surface area contributed by atoms with Gasteiger partial charge in [0.25, 0.3) is 6.29 Å². The van der Waals surface area contributed by atoms with Crippen LogP contribution in [0.1, 0.15) is 31.3 Å². The second-order valence-corrected chi connectivity index (χ2v) is 4.43. The molecular weight excluding hydrogens is 288 g/mol. The molecule has 0 heterocycles. The maximum absolute atomic E-state index is 11.0. The summed E-state index contributed by atoms with van der Waals surface area (Å²) < 4.78 is 10.6. The highest BCUT2D eigenvalue weighted by atomic mass is 79.9. The van der Waals surface area contributed by atoms with Gasteiger partial charge in [-0.3, -0.25) is 9.59 Å². The standard InChI is InChI=1S/C12H13BrO4/c1-7-4-5-10(11(13)6-7)12(16-8(2)14)17-9(3)15/h4-6,12H,1-3H3. The van der Waals surface area contributed by atoms with Crippen molar-refractivity contribution in [3.05, 3.63) is 33.8 Å². The van der Waals surface area contributed by atoms with Gasteiger partial charge in [-0.05, 0) is 18.6 Å². The molecule has 0 N–H and O–H groups in total. The van der Waals surface area contributed by atoms with E-state index < -0.39 is 18.2 Å². The molecule has 92 valence electrons. The molecule has 0 radical (unpaired) electrons. The molecule has 0 saturated heterocycles. The van der Waals surface area contributed by atoms with Gasteiger partial charge < -0.3 is 9.47 Å². The predicted octanol–water partition coefficient (Wildman–Crippen LogP) is 2.88. The third-order valence-electron chi connectivity index (χ3n) is 1.96. The molecule has 0 saturated carbocycles. The molecule has 5 heteroatoms. The zero-order valence-electron chi connectivity index (χ0n) is 9.82. The van der Waals surface area contributed by atoms with E-state index in [0.29, 0.717) is 5.56 Å². The van der Waals surface area contributed by atoms with Crippen molar-refractivity contribution in [2.24, 2.45) is 0 Å². The number of hydrogen-bond acceptors (Lipinski definition) is 4. The number of rotatable bonds is 3. The molecule has 0 fully saturated rings. The van der Waals surface area contributed by atoms with Gasteiger partial charge in [-0.25, -0.2) is 0 Å². The molecule has 1 rings (SSSR count). The minimum atomic E-state index is -1.01. The highest BCUT2D eigenvalue weighted by Crippen LogP contribution is 2.28. The van der Waals surface area contributed by atoms with E-state index in [9.17, 15) is 9.59 Å². The number of aryl methyl sites for hydroxylation is 1. The van der Waals surface area contributed by atoms with Crippen LogP contribution in [0.4, 0.5) is 0 Å². The second-order valence-electron chi connectivity index (χ2n) is 3.58. The number of benzene rings is 1.